The van der Waals surface area contributed by atoms with Crippen LogP contribution in [0.15, 0.2) is 47.1 Å². The van der Waals surface area contributed by atoms with E-state index >= 15 is 0 Å². The van der Waals surface area contributed by atoms with Gasteiger partial charge in [0.05, 0.1) is 6.26 Å². The summed E-state index contributed by atoms with van der Waals surface area (Å²) in [6.45, 7) is 2.67. The van der Waals surface area contributed by atoms with E-state index in [2.05, 4.69) is 31.2 Å². The zero-order valence-electron chi connectivity index (χ0n) is 11.9. The minimum absolute atomic E-state index is 0.0956. The fourth-order valence-electron chi connectivity index (χ4n) is 3.07. The highest BCUT2D eigenvalue weighted by atomic mass is 16.5. The van der Waals surface area contributed by atoms with E-state index in [1.807, 2.05) is 12.1 Å². The molecular weight excluding hydrogens is 262 g/mol. The molecule has 1 aliphatic heterocycles. The predicted molar refractivity (Wildman–Crippen MR) is 83.6 cm³/mol. The van der Waals surface area contributed by atoms with Crippen LogP contribution >= 0.6 is 0 Å². The van der Waals surface area contributed by atoms with Gasteiger partial charge in [-0.2, -0.15) is 0 Å². The van der Waals surface area contributed by atoms with E-state index in [1.165, 1.54) is 11.1 Å². The maximum absolute atomic E-state index is 6.04. The van der Waals surface area contributed by atoms with Crippen LogP contribution in [0.3, 0.4) is 0 Å². The first-order valence-corrected chi connectivity index (χ1v) is 7.22. The number of furan rings is 1. The van der Waals surface area contributed by atoms with E-state index < -0.39 is 0 Å². The van der Waals surface area contributed by atoms with Gasteiger partial charge >= 0.3 is 0 Å². The first-order chi connectivity index (χ1) is 10.2. The van der Waals surface area contributed by atoms with E-state index in [4.69, 9.17) is 14.9 Å². The molecule has 3 heteroatoms. The smallest absolute Gasteiger partial charge is 0.133 e. The van der Waals surface area contributed by atoms with Crippen LogP contribution < -0.4 is 10.5 Å². The number of aryl methyl sites for hydroxylation is 1. The van der Waals surface area contributed by atoms with Gasteiger partial charge in [0.2, 0.25) is 0 Å². The number of benzene rings is 2. The molecule has 0 radical (unpaired) electrons. The van der Waals surface area contributed by atoms with Gasteiger partial charge in [-0.15, -0.1) is 0 Å². The molecule has 0 unspecified atom stereocenters. The van der Waals surface area contributed by atoms with Crippen molar-refractivity contribution in [2.75, 3.05) is 6.54 Å². The molecule has 21 heavy (non-hydrogen) atoms. The van der Waals surface area contributed by atoms with E-state index in [-0.39, 0.29) is 6.10 Å². The van der Waals surface area contributed by atoms with Crippen molar-refractivity contribution in [1.82, 2.24) is 0 Å². The Balaban J connectivity index is 1.88. The largest absolute Gasteiger partial charge is 0.488 e. The van der Waals surface area contributed by atoms with Crippen molar-refractivity contribution in [2.24, 2.45) is 5.73 Å². The Hall–Kier alpha value is -2.26. The third kappa shape index (κ3) is 2.01. The molecule has 4 rings (SSSR count). The van der Waals surface area contributed by atoms with Gasteiger partial charge in [0.15, 0.2) is 0 Å². The Bertz CT molecular complexity index is 819. The van der Waals surface area contributed by atoms with Crippen LogP contribution in [0.25, 0.3) is 22.1 Å². The second-order valence-corrected chi connectivity index (χ2v) is 5.65. The lowest BCUT2D eigenvalue weighted by Gasteiger charge is -2.12. The monoisotopic (exact) mass is 279 g/mol. The molecule has 2 aromatic carbocycles. The third-order valence-electron chi connectivity index (χ3n) is 4.07. The highest BCUT2D eigenvalue weighted by Gasteiger charge is 2.25. The Morgan fingerprint density at radius 3 is 2.95 bits per heavy atom. The summed E-state index contributed by atoms with van der Waals surface area (Å²) in [4.78, 5) is 0. The molecule has 0 spiro atoms. The molecule has 1 aromatic heterocycles. The topological polar surface area (TPSA) is 48.4 Å². The van der Waals surface area contributed by atoms with Crippen molar-refractivity contribution < 1.29 is 9.15 Å². The summed E-state index contributed by atoms with van der Waals surface area (Å²) in [6, 6.07) is 12.6. The van der Waals surface area contributed by atoms with Gasteiger partial charge in [0.1, 0.15) is 17.4 Å². The van der Waals surface area contributed by atoms with Crippen LogP contribution in [0, 0.1) is 6.92 Å². The van der Waals surface area contributed by atoms with Gasteiger partial charge in [-0.1, -0.05) is 12.1 Å². The maximum atomic E-state index is 6.04. The third-order valence-corrected chi connectivity index (χ3v) is 4.07. The van der Waals surface area contributed by atoms with Gasteiger partial charge in [0.25, 0.3) is 0 Å². The fourth-order valence-corrected chi connectivity index (χ4v) is 3.07. The highest BCUT2D eigenvalue weighted by Crippen LogP contribution is 2.40. The number of hydrogen-bond acceptors (Lipinski definition) is 3. The van der Waals surface area contributed by atoms with Crippen molar-refractivity contribution in [2.45, 2.75) is 19.4 Å². The zero-order chi connectivity index (χ0) is 14.4. The lowest BCUT2D eigenvalue weighted by molar-refractivity contribution is 0.242. The number of ether oxygens (including phenoxy) is 1. The van der Waals surface area contributed by atoms with Crippen molar-refractivity contribution in [3.63, 3.8) is 0 Å². The minimum Gasteiger partial charge on any atom is -0.488 e. The second kappa shape index (κ2) is 4.64. The van der Waals surface area contributed by atoms with Crippen LogP contribution in [0.5, 0.6) is 5.75 Å². The molecule has 1 aliphatic rings. The Morgan fingerprint density at radius 2 is 2.10 bits per heavy atom. The molecule has 0 bridgehead atoms. The first-order valence-electron chi connectivity index (χ1n) is 7.22. The van der Waals surface area contributed by atoms with Gasteiger partial charge < -0.3 is 14.9 Å². The molecule has 1 atom stereocenters. The Morgan fingerprint density at radius 1 is 1.19 bits per heavy atom. The highest BCUT2D eigenvalue weighted by molar-refractivity contribution is 5.85. The molecule has 0 amide bonds. The van der Waals surface area contributed by atoms with Crippen LogP contribution in [-0.4, -0.2) is 12.6 Å². The lowest BCUT2D eigenvalue weighted by Crippen LogP contribution is -2.24. The van der Waals surface area contributed by atoms with Crippen LogP contribution in [0.4, 0.5) is 0 Å². The molecular formula is C18H17NO2. The summed E-state index contributed by atoms with van der Waals surface area (Å²) in [5.41, 5.74) is 11.5. The van der Waals surface area contributed by atoms with Gasteiger partial charge in [0, 0.05) is 23.9 Å². The summed E-state index contributed by atoms with van der Waals surface area (Å²) >= 11 is 0. The van der Waals surface area contributed by atoms with Crippen molar-refractivity contribution in [3.05, 3.63) is 53.8 Å². The molecule has 3 aromatic rings. The molecule has 2 heterocycles. The van der Waals surface area contributed by atoms with E-state index in [0.717, 1.165) is 34.3 Å². The first kappa shape index (κ1) is 12.5. The van der Waals surface area contributed by atoms with Crippen LogP contribution in [-0.2, 0) is 6.42 Å². The van der Waals surface area contributed by atoms with Gasteiger partial charge in [-0.3, -0.25) is 0 Å². The number of rotatable bonds is 2. The summed E-state index contributed by atoms with van der Waals surface area (Å²) in [7, 11) is 0. The summed E-state index contributed by atoms with van der Waals surface area (Å²) in [5, 5.41) is 1.11. The molecule has 2 N–H and O–H groups in total. The molecule has 0 saturated heterocycles. The number of hydrogen-bond donors (Lipinski definition) is 1. The standard InChI is InChI=1S/C18H17NO2/c1-11-6-14-9-15(10-19)21-18(14)16(7-11)12-2-3-17-13(8-12)4-5-20-17/h2-8,15H,9-10,19H2,1H3/t15-/m1/s1. The van der Waals surface area contributed by atoms with Crippen molar-refractivity contribution in [3.8, 4) is 16.9 Å². The van der Waals surface area contributed by atoms with Gasteiger partial charge in [-0.25, -0.2) is 0 Å². The summed E-state index contributed by atoms with van der Waals surface area (Å²) < 4.78 is 11.5. The van der Waals surface area contributed by atoms with Crippen LogP contribution in [0.1, 0.15) is 11.1 Å². The van der Waals surface area contributed by atoms with Crippen molar-refractivity contribution >= 4 is 11.0 Å². The maximum Gasteiger partial charge on any atom is 0.133 e. The van der Waals surface area contributed by atoms with Gasteiger partial charge in [-0.05, 0) is 47.9 Å². The summed E-state index contributed by atoms with van der Waals surface area (Å²) in [6.07, 6.45) is 2.71. The van der Waals surface area contributed by atoms with E-state index in [0.29, 0.717) is 6.54 Å². The normalized spacial score (nSPS) is 17.0. The Kier molecular flexibility index (Phi) is 2.76. The van der Waals surface area contributed by atoms with Crippen molar-refractivity contribution in [1.29, 1.82) is 0 Å². The lowest BCUT2D eigenvalue weighted by atomic mass is 9.97. The van der Waals surface area contributed by atoms with E-state index in [1.54, 1.807) is 6.26 Å². The zero-order valence-corrected chi connectivity index (χ0v) is 11.9. The minimum atomic E-state index is 0.0956. The quantitative estimate of drug-likeness (QED) is 0.778. The molecule has 106 valence electrons. The molecule has 0 aliphatic carbocycles. The fraction of sp³-hybridized carbons (Fsp3) is 0.222. The SMILES string of the molecule is Cc1cc2c(c(-c3ccc4occc4c3)c1)O[C@@H](CN)C2. The average Bonchev–Trinajstić information content (AvgIpc) is 3.11. The number of nitrogens with two attached hydrogens (primary N) is 1. The Labute approximate surface area is 123 Å². The second-order valence-electron chi connectivity index (χ2n) is 5.65. The average molecular weight is 279 g/mol. The van der Waals surface area contributed by atoms with Crippen LogP contribution in [0.2, 0.25) is 0 Å². The summed E-state index contributed by atoms with van der Waals surface area (Å²) in [5.74, 6) is 0.985. The molecule has 0 fully saturated rings. The number of fused-ring (bicyclic) bond motifs is 2. The molecule has 3 nitrogen and oxygen atoms in total. The predicted octanol–water partition coefficient (Wildman–Crippen LogP) is 3.67. The van der Waals surface area contributed by atoms with E-state index in [9.17, 15) is 0 Å². The molecule has 0 saturated carbocycles.